The minimum Gasteiger partial charge on any atom is -0.365 e. The fraction of sp³-hybridized carbons (Fsp3) is 0.400. The molecule has 2 heterocycles. The number of anilines is 1. The van der Waals surface area contributed by atoms with Crippen LogP contribution in [0.15, 0.2) is 6.20 Å². The Morgan fingerprint density at radius 1 is 1.61 bits per heavy atom. The molecule has 0 aliphatic carbocycles. The molecule has 1 aliphatic heterocycles. The number of carbonyl (C=O) groups is 3. The first-order valence-electron chi connectivity index (χ1n) is 5.41. The van der Waals surface area contributed by atoms with E-state index in [0.717, 1.165) is 0 Å². The number of nitrogens with two attached hydrogens (primary N) is 1. The van der Waals surface area contributed by atoms with Crippen LogP contribution in [-0.2, 0) is 16.6 Å². The van der Waals surface area contributed by atoms with Crippen LogP contribution in [0.4, 0.5) is 5.82 Å². The van der Waals surface area contributed by atoms with E-state index in [1.54, 1.807) is 7.05 Å². The van der Waals surface area contributed by atoms with Gasteiger partial charge in [-0.15, -0.1) is 0 Å². The lowest BCUT2D eigenvalue weighted by atomic mass is 10.2. The lowest BCUT2D eigenvalue weighted by molar-refractivity contribution is -0.122. The second-order valence-corrected chi connectivity index (χ2v) is 4.04. The molecule has 1 atom stereocenters. The molecule has 1 saturated heterocycles. The van der Waals surface area contributed by atoms with Gasteiger partial charge in [-0.2, -0.15) is 5.10 Å². The quantitative estimate of drug-likeness (QED) is 0.620. The number of hydrogen-bond acceptors (Lipinski definition) is 4. The smallest absolute Gasteiger partial charge is 0.254 e. The van der Waals surface area contributed by atoms with E-state index in [4.69, 9.17) is 5.73 Å². The van der Waals surface area contributed by atoms with Gasteiger partial charge in [0.15, 0.2) is 0 Å². The summed E-state index contributed by atoms with van der Waals surface area (Å²) in [5.41, 5.74) is 5.30. The second kappa shape index (κ2) is 4.47. The van der Waals surface area contributed by atoms with E-state index < -0.39 is 11.9 Å². The minimum atomic E-state index is -0.672. The largest absolute Gasteiger partial charge is 0.365 e. The van der Waals surface area contributed by atoms with Crippen molar-refractivity contribution in [1.29, 1.82) is 0 Å². The highest BCUT2D eigenvalue weighted by molar-refractivity contribution is 6.04. The molecule has 18 heavy (non-hydrogen) atoms. The molecule has 1 aliphatic rings. The molecular weight excluding hydrogens is 238 g/mol. The zero-order valence-corrected chi connectivity index (χ0v) is 9.77. The minimum absolute atomic E-state index is 0.134. The lowest BCUT2D eigenvalue weighted by Crippen LogP contribution is -2.38. The highest BCUT2D eigenvalue weighted by Crippen LogP contribution is 2.15. The first-order valence-corrected chi connectivity index (χ1v) is 5.41. The topological polar surface area (TPSA) is 119 Å². The zero-order valence-electron chi connectivity index (χ0n) is 9.77. The number of rotatable bonds is 3. The first-order chi connectivity index (χ1) is 8.49. The van der Waals surface area contributed by atoms with Gasteiger partial charge in [-0.3, -0.25) is 19.1 Å². The van der Waals surface area contributed by atoms with E-state index >= 15 is 0 Å². The summed E-state index contributed by atoms with van der Waals surface area (Å²) in [5.74, 6) is -0.982. The van der Waals surface area contributed by atoms with E-state index in [1.165, 1.54) is 10.9 Å². The summed E-state index contributed by atoms with van der Waals surface area (Å²) >= 11 is 0. The molecule has 8 nitrogen and oxygen atoms in total. The summed E-state index contributed by atoms with van der Waals surface area (Å²) in [7, 11) is 1.58. The van der Waals surface area contributed by atoms with Crippen LogP contribution >= 0.6 is 0 Å². The van der Waals surface area contributed by atoms with Gasteiger partial charge < -0.3 is 16.4 Å². The maximum absolute atomic E-state index is 11.9. The summed E-state index contributed by atoms with van der Waals surface area (Å²) in [6, 6.07) is -0.576. The predicted octanol–water partition coefficient (Wildman–Crippen LogP) is -1.26. The average molecular weight is 251 g/mol. The molecule has 0 bridgehead atoms. The summed E-state index contributed by atoms with van der Waals surface area (Å²) in [6.07, 6.45) is 2.05. The Balaban J connectivity index is 2.14. The highest BCUT2D eigenvalue weighted by atomic mass is 16.2. The van der Waals surface area contributed by atoms with Crippen LogP contribution in [0, 0.1) is 0 Å². The third-order valence-corrected chi connectivity index (χ3v) is 2.76. The summed E-state index contributed by atoms with van der Waals surface area (Å²) in [6.45, 7) is 0. The van der Waals surface area contributed by atoms with Crippen molar-refractivity contribution in [2.24, 2.45) is 12.8 Å². The molecule has 3 amide bonds. The van der Waals surface area contributed by atoms with Gasteiger partial charge in [0.2, 0.25) is 11.8 Å². The van der Waals surface area contributed by atoms with Gasteiger partial charge in [-0.25, -0.2) is 0 Å². The van der Waals surface area contributed by atoms with Crippen molar-refractivity contribution in [3.05, 3.63) is 11.8 Å². The maximum atomic E-state index is 11.9. The summed E-state index contributed by atoms with van der Waals surface area (Å²) in [5, 5.41) is 8.93. The van der Waals surface area contributed by atoms with Crippen molar-refractivity contribution >= 4 is 23.5 Å². The molecule has 4 N–H and O–H groups in total. The highest BCUT2D eigenvalue weighted by Gasteiger charge is 2.28. The molecule has 1 fully saturated rings. The Hall–Kier alpha value is -2.38. The fourth-order valence-electron chi connectivity index (χ4n) is 1.78. The Bertz CT molecular complexity index is 522. The van der Waals surface area contributed by atoms with Gasteiger partial charge in [-0.1, -0.05) is 0 Å². The van der Waals surface area contributed by atoms with Crippen molar-refractivity contribution in [3.8, 4) is 0 Å². The summed E-state index contributed by atoms with van der Waals surface area (Å²) in [4.78, 5) is 34.0. The fourth-order valence-corrected chi connectivity index (χ4v) is 1.78. The number of nitrogens with one attached hydrogen (secondary N) is 2. The van der Waals surface area contributed by atoms with E-state index in [2.05, 4.69) is 15.7 Å². The van der Waals surface area contributed by atoms with Gasteiger partial charge >= 0.3 is 0 Å². The molecule has 2 rings (SSSR count). The molecule has 0 spiro atoms. The molecular formula is C10H13N5O3. The number of nitrogens with zero attached hydrogens (tertiary/aromatic N) is 2. The Labute approximate surface area is 103 Å². The van der Waals surface area contributed by atoms with Crippen LogP contribution in [0.25, 0.3) is 0 Å². The van der Waals surface area contributed by atoms with E-state index in [9.17, 15) is 14.4 Å². The van der Waals surface area contributed by atoms with Crippen molar-refractivity contribution in [3.63, 3.8) is 0 Å². The number of amides is 3. The number of aryl methyl sites for hydroxylation is 1. The molecule has 8 heteroatoms. The van der Waals surface area contributed by atoms with E-state index in [0.29, 0.717) is 12.8 Å². The van der Waals surface area contributed by atoms with Crippen LogP contribution in [0.5, 0.6) is 0 Å². The molecule has 96 valence electrons. The van der Waals surface area contributed by atoms with Crippen LogP contribution in [-0.4, -0.2) is 33.5 Å². The van der Waals surface area contributed by atoms with Gasteiger partial charge in [0.1, 0.15) is 17.4 Å². The Morgan fingerprint density at radius 3 is 2.89 bits per heavy atom. The number of primary amides is 1. The van der Waals surface area contributed by atoms with Crippen molar-refractivity contribution in [2.75, 3.05) is 5.32 Å². The van der Waals surface area contributed by atoms with Crippen LogP contribution < -0.4 is 16.4 Å². The molecule has 1 unspecified atom stereocenters. The van der Waals surface area contributed by atoms with Crippen LogP contribution in [0.3, 0.4) is 0 Å². The van der Waals surface area contributed by atoms with Gasteiger partial charge in [0.25, 0.3) is 5.91 Å². The average Bonchev–Trinajstić information content (AvgIpc) is 2.87. The van der Waals surface area contributed by atoms with Crippen molar-refractivity contribution in [1.82, 2.24) is 15.1 Å². The van der Waals surface area contributed by atoms with Crippen LogP contribution in [0.2, 0.25) is 0 Å². The van der Waals surface area contributed by atoms with Crippen LogP contribution in [0.1, 0.15) is 23.2 Å². The van der Waals surface area contributed by atoms with Gasteiger partial charge in [-0.05, 0) is 6.42 Å². The number of carbonyl (C=O) groups excluding carboxylic acids is 3. The third-order valence-electron chi connectivity index (χ3n) is 2.76. The van der Waals surface area contributed by atoms with Gasteiger partial charge in [0.05, 0.1) is 6.20 Å². The molecule has 1 aromatic rings. The lowest BCUT2D eigenvalue weighted by Gasteiger charge is -2.11. The molecule has 0 saturated carbocycles. The molecule has 0 aromatic carbocycles. The predicted molar refractivity (Wildman–Crippen MR) is 61.5 cm³/mol. The summed E-state index contributed by atoms with van der Waals surface area (Å²) < 4.78 is 1.34. The second-order valence-electron chi connectivity index (χ2n) is 4.04. The van der Waals surface area contributed by atoms with E-state index in [1.807, 2.05) is 0 Å². The SMILES string of the molecule is Cn1ncc(C(N)=O)c1NC(=O)C1CCC(=O)N1. The normalized spacial score (nSPS) is 18.5. The van der Waals surface area contributed by atoms with Gasteiger partial charge in [0, 0.05) is 13.5 Å². The molecule has 0 radical (unpaired) electrons. The monoisotopic (exact) mass is 251 g/mol. The van der Waals surface area contributed by atoms with E-state index in [-0.39, 0.29) is 23.2 Å². The zero-order chi connectivity index (χ0) is 13.3. The third kappa shape index (κ3) is 2.17. The Morgan fingerprint density at radius 2 is 2.33 bits per heavy atom. The first kappa shape index (κ1) is 12.1. The van der Waals surface area contributed by atoms with Crippen molar-refractivity contribution in [2.45, 2.75) is 18.9 Å². The maximum Gasteiger partial charge on any atom is 0.254 e. The number of aromatic nitrogens is 2. The Kier molecular flexibility index (Phi) is 3.00. The standard InChI is InChI=1S/C10H13N5O3/c1-15-9(5(4-12-15)8(11)17)14-10(18)6-2-3-7(16)13-6/h4,6H,2-3H2,1H3,(H2,11,17)(H,13,16)(H,14,18). The number of hydrogen-bond donors (Lipinski definition) is 3. The molecule has 1 aromatic heterocycles. The van der Waals surface area contributed by atoms with Crippen molar-refractivity contribution < 1.29 is 14.4 Å².